The first-order valence-corrected chi connectivity index (χ1v) is 37.3. The molecule has 0 atom stereocenters. The van der Waals surface area contributed by atoms with Crippen LogP contribution >= 0.6 is 44.3 Å². The van der Waals surface area contributed by atoms with Crippen molar-refractivity contribution >= 4 is 132 Å². The van der Waals surface area contributed by atoms with Gasteiger partial charge < -0.3 is 53.7 Å². The third kappa shape index (κ3) is 18.0. The summed E-state index contributed by atoms with van der Waals surface area (Å²) in [4.78, 5) is 158. The molecule has 562 valence electrons. The zero-order chi connectivity index (χ0) is 75.1. The molecule has 12 N–H and O–H groups in total. The number of H-pyrrole nitrogens is 1. The van der Waals surface area contributed by atoms with Crippen LogP contribution in [0.5, 0.6) is 0 Å². The fourth-order valence-corrected chi connectivity index (χ4v) is 15.5. The van der Waals surface area contributed by atoms with Gasteiger partial charge in [-0.05, 0) is 222 Å². The number of amides is 5. The van der Waals surface area contributed by atoms with Crippen LogP contribution in [0.2, 0.25) is 0 Å². The van der Waals surface area contributed by atoms with E-state index in [0.29, 0.717) is 83.8 Å². The lowest BCUT2D eigenvalue weighted by molar-refractivity contribution is -0.120. The minimum absolute atomic E-state index is 0. The number of nitrogen functional groups attached to an aromatic ring is 2. The molecule has 7 aromatic rings. The summed E-state index contributed by atoms with van der Waals surface area (Å²) in [6.07, 6.45) is 27.2. The molecule has 0 saturated heterocycles. The number of Topliss-reactive ketones (excluding diaryl/α,β-unsaturated/α-hetero) is 2. The standard InChI is InChI=1S/C21H24N6O3.C17H20N6O2.C13H15BrN2O2.C8H8BrNO2.C8H10N4O.C6H10O.ClH/c1-12-9-14(24-15-10-16(23-11-22-15)25-18(28)13-5-6-13)20(30)27-17(12)19(29)26-21(27)7-3-2-4-8-21;1-10-7-11(21-13-8-12(18)19-9-20-13)16(25)23-14(10)15(24)22-17(23)5-3-2-4-6-17;1-8-7-9(14)12(18)16-10(8)11(17)15-13(16)5-3-2-4-6-13;1-4-3-6(9)8(12)10-7(4)5(2)11;9-6-3-7(11-4-10-6)12-8(13)5-1-2-5;7-6-4-2-1-3-5-6;/h9-11,13H,2-8H2,1H3,(H,26,29)(H2,22,23,24,25,28);7-9H,2-6H2,1H3,(H,22,24)(H3,18,19,20,21);7H,2-6H2,1H3,(H,15,17);3H,1-2H3,(H,10,12);3-5H,1-2H2,(H3,9,10,11,12,13);1-5H2;1H. The van der Waals surface area contributed by atoms with Gasteiger partial charge in [0.2, 0.25) is 11.8 Å². The van der Waals surface area contributed by atoms with E-state index in [1.165, 1.54) is 38.7 Å². The predicted octanol–water partition coefficient (Wildman–Crippen LogP) is 10.3. The van der Waals surface area contributed by atoms with Crippen molar-refractivity contribution in [3.63, 3.8) is 0 Å². The molecule has 106 heavy (non-hydrogen) atoms. The van der Waals surface area contributed by atoms with Crippen LogP contribution in [0, 0.1) is 39.5 Å². The maximum atomic E-state index is 13.4. The van der Waals surface area contributed by atoms with Crippen LogP contribution in [-0.4, -0.2) is 89.7 Å². The van der Waals surface area contributed by atoms with Crippen molar-refractivity contribution in [2.75, 3.05) is 32.7 Å². The Hall–Kier alpha value is -9.82. The Morgan fingerprint density at radius 2 is 0.802 bits per heavy atom. The second kappa shape index (κ2) is 33.7. The molecule has 30 nitrogen and oxygen atoms in total. The number of pyridine rings is 4. The number of fused-ring (bicyclic) bond motifs is 6. The summed E-state index contributed by atoms with van der Waals surface area (Å²) >= 11 is 6.37. The first-order valence-electron chi connectivity index (χ1n) is 35.7. The third-order valence-corrected chi connectivity index (χ3v) is 21.2. The first-order chi connectivity index (χ1) is 50.2. The third-order valence-electron chi connectivity index (χ3n) is 20.1. The van der Waals surface area contributed by atoms with E-state index in [0.717, 1.165) is 164 Å². The van der Waals surface area contributed by atoms with Crippen molar-refractivity contribution in [2.45, 2.75) is 206 Å². The number of nitrogens with two attached hydrogens (primary N) is 2. The molecule has 3 spiro atoms. The van der Waals surface area contributed by atoms with Crippen LogP contribution in [0.4, 0.5) is 46.3 Å². The molecule has 33 heteroatoms. The van der Waals surface area contributed by atoms with Gasteiger partial charge in [-0.3, -0.25) is 66.4 Å². The number of hydrogen-bond donors (Lipinski definition) is 10. The number of carbonyl (C=O) groups is 7. The Labute approximate surface area is 633 Å². The molecule has 0 bridgehead atoms. The molecule has 16 rings (SSSR count). The van der Waals surface area contributed by atoms with Crippen molar-refractivity contribution < 1.29 is 33.6 Å². The number of aromatic nitrogens is 10. The summed E-state index contributed by atoms with van der Waals surface area (Å²) in [5, 5.41) is 20.7. The van der Waals surface area contributed by atoms with Gasteiger partial charge in [0.15, 0.2) is 5.78 Å². The van der Waals surface area contributed by atoms with Crippen molar-refractivity contribution in [3.8, 4) is 0 Å². The number of aromatic amines is 1. The number of aryl methyl sites for hydroxylation is 4. The number of halogens is 3. The minimum Gasteiger partial charge on any atom is -0.384 e. The largest absolute Gasteiger partial charge is 0.384 e. The van der Waals surface area contributed by atoms with Gasteiger partial charge in [0.25, 0.3) is 40.0 Å². The van der Waals surface area contributed by atoms with Crippen LogP contribution in [0.3, 0.4) is 0 Å². The molecule has 0 aromatic carbocycles. The highest BCUT2D eigenvalue weighted by Gasteiger charge is 2.48. The SMILES string of the molecule is CC(=O)c1[nH]c(=O)c(Br)cc1C.Cc1cc(Br)c(=O)n2c1C(=O)NC21CCCCC1.Cc1cc(Nc2cc(N)ncn2)c(=O)n2c1C(=O)NC21CCCCC1.Cc1cc(Nc2cc(NC(=O)C3CC3)ncn2)c(=O)n2c1C(=O)NC21CCCCC1.Cl.Nc1cc(NC(=O)C2CC2)ncn1.O=C1CCCCC1. The van der Waals surface area contributed by atoms with E-state index in [4.69, 9.17) is 11.5 Å². The Morgan fingerprint density at radius 3 is 1.19 bits per heavy atom. The normalized spacial score (nSPS) is 17.8. The van der Waals surface area contributed by atoms with Gasteiger partial charge in [-0.1, -0.05) is 25.7 Å². The Bertz CT molecular complexity index is 4810. The van der Waals surface area contributed by atoms with E-state index in [2.05, 4.69) is 104 Å². The fourth-order valence-electron chi connectivity index (χ4n) is 14.6. The van der Waals surface area contributed by atoms with Crippen molar-refractivity contribution in [2.24, 2.45) is 11.8 Å². The highest BCUT2D eigenvalue weighted by atomic mass is 79.9. The van der Waals surface area contributed by atoms with Crippen molar-refractivity contribution in [1.29, 1.82) is 0 Å². The number of nitrogens with zero attached hydrogens (tertiary/aromatic N) is 9. The van der Waals surface area contributed by atoms with Gasteiger partial charge in [-0.15, -0.1) is 12.4 Å². The average molecular weight is 1600 g/mol. The van der Waals surface area contributed by atoms with E-state index in [-0.39, 0.29) is 81.8 Å². The first kappa shape index (κ1) is 78.8. The van der Waals surface area contributed by atoms with Crippen LogP contribution < -0.4 is 70.9 Å². The Kier molecular flexibility index (Phi) is 25.1. The summed E-state index contributed by atoms with van der Waals surface area (Å²) in [5.41, 5.74) is 14.2. The van der Waals surface area contributed by atoms with E-state index < -0.39 is 17.0 Å². The molecular formula is C73H88Br2ClN19O11. The molecule has 3 aliphatic heterocycles. The quantitative estimate of drug-likeness (QED) is 0.0600. The van der Waals surface area contributed by atoms with Gasteiger partial charge in [0.1, 0.15) is 105 Å². The van der Waals surface area contributed by atoms with E-state index in [9.17, 15) is 52.7 Å². The number of rotatable bonds is 9. The maximum absolute atomic E-state index is 13.4. The van der Waals surface area contributed by atoms with Gasteiger partial charge in [0.05, 0.1) is 14.6 Å². The molecule has 7 aromatic heterocycles. The molecule has 10 heterocycles. The monoisotopic (exact) mass is 1600 g/mol. The number of anilines is 8. The van der Waals surface area contributed by atoms with Crippen LogP contribution in [0.1, 0.15) is 225 Å². The number of carbonyl (C=O) groups excluding carboxylic acids is 7. The summed E-state index contributed by atoms with van der Waals surface area (Å²) < 4.78 is 5.96. The molecule has 6 saturated carbocycles. The molecule has 9 aliphatic rings. The summed E-state index contributed by atoms with van der Waals surface area (Å²) in [5.74, 6) is 2.48. The molecule has 5 amide bonds. The Balaban J connectivity index is 0.000000143. The van der Waals surface area contributed by atoms with Gasteiger partial charge in [-0.25, -0.2) is 29.9 Å². The lowest BCUT2D eigenvalue weighted by atomic mass is 9.89. The van der Waals surface area contributed by atoms with Crippen molar-refractivity contribution in [3.05, 3.63) is 157 Å². The topological polar surface area (TPSA) is 432 Å². The second-order valence-corrected chi connectivity index (χ2v) is 29.9. The van der Waals surface area contributed by atoms with E-state index in [1.807, 2.05) is 20.8 Å². The van der Waals surface area contributed by atoms with E-state index >= 15 is 0 Å². The summed E-state index contributed by atoms with van der Waals surface area (Å²) in [7, 11) is 0. The van der Waals surface area contributed by atoms with Gasteiger partial charge >= 0.3 is 0 Å². The zero-order valence-corrected chi connectivity index (χ0v) is 63.7. The number of hydrogen-bond acceptors (Lipinski definition) is 21. The molecule has 6 fully saturated rings. The lowest BCUT2D eigenvalue weighted by Gasteiger charge is -2.35. The smallest absolute Gasteiger partial charge is 0.276 e. The highest BCUT2D eigenvalue weighted by Crippen LogP contribution is 2.41. The average Bonchev–Trinajstić information content (AvgIpc) is 1.57. The van der Waals surface area contributed by atoms with Crippen molar-refractivity contribution in [1.82, 2.24) is 64.5 Å². The lowest BCUT2D eigenvalue weighted by Crippen LogP contribution is -2.48. The van der Waals surface area contributed by atoms with Gasteiger partial charge in [0, 0.05) is 49.8 Å². The van der Waals surface area contributed by atoms with Crippen LogP contribution in [-0.2, 0) is 31.4 Å². The second-order valence-electron chi connectivity index (χ2n) is 28.1. The number of nitrogens with one attached hydrogen (secondary N) is 8. The number of ketones is 2. The van der Waals surface area contributed by atoms with Crippen LogP contribution in [0.15, 0.2) is 89.6 Å². The molecule has 6 aliphatic carbocycles. The molecular weight excluding hydrogens is 1510 g/mol. The summed E-state index contributed by atoms with van der Waals surface area (Å²) in [6, 6.07) is 11.4. The highest BCUT2D eigenvalue weighted by molar-refractivity contribution is 9.10. The van der Waals surface area contributed by atoms with E-state index in [1.54, 1.807) is 63.1 Å². The molecule has 0 unspecified atom stereocenters. The maximum Gasteiger partial charge on any atom is 0.276 e. The van der Waals surface area contributed by atoms with Gasteiger partial charge in [-0.2, -0.15) is 0 Å². The predicted molar refractivity (Wildman–Crippen MR) is 409 cm³/mol. The molecule has 0 radical (unpaired) electrons. The Morgan fingerprint density at radius 1 is 0.453 bits per heavy atom. The van der Waals surface area contributed by atoms with Crippen LogP contribution in [0.25, 0.3) is 0 Å². The zero-order valence-electron chi connectivity index (χ0n) is 59.7. The minimum atomic E-state index is -0.640. The summed E-state index contributed by atoms with van der Waals surface area (Å²) in [6.45, 7) is 8.74. The fraction of sp³-hybridized carbons (Fsp3) is 0.466.